The molecule has 30 heavy (non-hydrogen) atoms. The SMILES string of the molecule is CCc1cc(C(=O)N(C)CC2CC(Oc3cccc(CN4CCCC4)c3Cl)C2)no1. The van der Waals surface area contributed by atoms with E-state index in [0.717, 1.165) is 61.0 Å². The number of halogens is 1. The summed E-state index contributed by atoms with van der Waals surface area (Å²) >= 11 is 6.64. The van der Waals surface area contributed by atoms with Crippen molar-refractivity contribution in [1.82, 2.24) is 15.0 Å². The van der Waals surface area contributed by atoms with E-state index in [2.05, 4.69) is 16.1 Å². The summed E-state index contributed by atoms with van der Waals surface area (Å²) in [6.07, 6.45) is 5.26. The van der Waals surface area contributed by atoms with Crippen LogP contribution in [0.3, 0.4) is 0 Å². The van der Waals surface area contributed by atoms with Crippen LogP contribution < -0.4 is 4.74 Å². The molecular formula is C23H30ClN3O3. The molecule has 2 aliphatic rings. The number of amides is 1. The van der Waals surface area contributed by atoms with Crippen LogP contribution in [-0.2, 0) is 13.0 Å². The zero-order valence-electron chi connectivity index (χ0n) is 17.8. The lowest BCUT2D eigenvalue weighted by Gasteiger charge is -2.37. The summed E-state index contributed by atoms with van der Waals surface area (Å²) in [4.78, 5) is 16.7. The molecule has 1 saturated heterocycles. The average molecular weight is 432 g/mol. The van der Waals surface area contributed by atoms with Gasteiger partial charge in [0.05, 0.1) is 11.1 Å². The van der Waals surface area contributed by atoms with Gasteiger partial charge in [-0.1, -0.05) is 35.8 Å². The minimum absolute atomic E-state index is 0.0968. The van der Waals surface area contributed by atoms with Crippen LogP contribution in [0.15, 0.2) is 28.8 Å². The topological polar surface area (TPSA) is 58.8 Å². The maximum absolute atomic E-state index is 12.5. The van der Waals surface area contributed by atoms with Gasteiger partial charge in [-0.3, -0.25) is 9.69 Å². The first-order valence-corrected chi connectivity index (χ1v) is 11.3. The molecule has 1 aromatic heterocycles. The molecule has 2 fully saturated rings. The number of hydrogen-bond donors (Lipinski definition) is 0. The van der Waals surface area contributed by atoms with Crippen molar-refractivity contribution in [1.29, 1.82) is 0 Å². The van der Waals surface area contributed by atoms with E-state index in [1.54, 1.807) is 11.0 Å². The number of ether oxygens (including phenoxy) is 1. The monoisotopic (exact) mass is 431 g/mol. The van der Waals surface area contributed by atoms with Crippen LogP contribution in [-0.4, -0.2) is 53.6 Å². The van der Waals surface area contributed by atoms with Crippen LogP contribution in [0.5, 0.6) is 5.75 Å². The Balaban J connectivity index is 1.26. The number of carbonyl (C=O) groups excluding carboxylic acids is 1. The predicted octanol–water partition coefficient (Wildman–Crippen LogP) is 4.42. The minimum atomic E-state index is -0.0968. The van der Waals surface area contributed by atoms with Crippen molar-refractivity contribution >= 4 is 17.5 Å². The number of hydrogen-bond acceptors (Lipinski definition) is 5. The molecule has 7 heteroatoms. The van der Waals surface area contributed by atoms with E-state index in [1.807, 2.05) is 26.1 Å². The maximum Gasteiger partial charge on any atom is 0.275 e. The Labute approximate surface area is 183 Å². The van der Waals surface area contributed by atoms with Gasteiger partial charge in [0, 0.05) is 32.6 Å². The number of benzene rings is 1. The molecule has 2 heterocycles. The van der Waals surface area contributed by atoms with Crippen LogP contribution in [0.25, 0.3) is 0 Å². The Morgan fingerprint density at radius 1 is 1.33 bits per heavy atom. The van der Waals surface area contributed by atoms with Crippen molar-refractivity contribution in [3.8, 4) is 5.75 Å². The molecule has 0 atom stereocenters. The summed E-state index contributed by atoms with van der Waals surface area (Å²) in [5.41, 5.74) is 1.51. The van der Waals surface area contributed by atoms with E-state index >= 15 is 0 Å². The summed E-state index contributed by atoms with van der Waals surface area (Å²) in [7, 11) is 1.81. The van der Waals surface area contributed by atoms with Gasteiger partial charge < -0.3 is 14.2 Å². The third kappa shape index (κ3) is 4.81. The number of aryl methyl sites for hydroxylation is 1. The van der Waals surface area contributed by atoms with Crippen LogP contribution in [0.2, 0.25) is 5.02 Å². The minimum Gasteiger partial charge on any atom is -0.489 e. The molecule has 4 rings (SSSR count). The van der Waals surface area contributed by atoms with E-state index < -0.39 is 0 Å². The first-order valence-electron chi connectivity index (χ1n) is 10.9. The molecule has 0 radical (unpaired) electrons. The molecule has 162 valence electrons. The first-order chi connectivity index (χ1) is 14.5. The van der Waals surface area contributed by atoms with Gasteiger partial charge in [-0.15, -0.1) is 0 Å². The number of aromatic nitrogens is 1. The standard InChI is InChI=1S/C23H30ClN3O3/c1-3-18-13-20(25-30-18)23(28)26(2)14-16-11-19(12-16)29-21-8-6-7-17(22(21)24)15-27-9-4-5-10-27/h6-8,13,16,19H,3-5,9-12,14-15H2,1-2H3. The van der Waals surface area contributed by atoms with Crippen LogP contribution in [0.4, 0.5) is 0 Å². The Kier molecular flexibility index (Phi) is 6.64. The fourth-order valence-electron chi connectivity index (χ4n) is 4.30. The van der Waals surface area contributed by atoms with Gasteiger partial charge in [0.15, 0.2) is 5.69 Å². The van der Waals surface area contributed by atoms with Gasteiger partial charge in [-0.05, 0) is 56.3 Å². The second-order valence-electron chi connectivity index (χ2n) is 8.51. The summed E-state index contributed by atoms with van der Waals surface area (Å²) in [5.74, 6) is 1.83. The van der Waals surface area contributed by atoms with Crippen molar-refractivity contribution in [2.75, 3.05) is 26.7 Å². The van der Waals surface area contributed by atoms with Crippen molar-refractivity contribution in [2.24, 2.45) is 5.92 Å². The molecule has 6 nitrogen and oxygen atoms in total. The molecule has 1 aromatic carbocycles. The molecule has 0 spiro atoms. The van der Waals surface area contributed by atoms with E-state index in [1.165, 1.54) is 12.8 Å². The van der Waals surface area contributed by atoms with Gasteiger partial charge >= 0.3 is 0 Å². The molecular weight excluding hydrogens is 402 g/mol. The summed E-state index contributed by atoms with van der Waals surface area (Å²) in [5, 5.41) is 4.61. The third-order valence-corrected chi connectivity index (χ3v) is 6.56. The summed E-state index contributed by atoms with van der Waals surface area (Å²) in [6.45, 7) is 5.84. The van der Waals surface area contributed by atoms with Gasteiger partial charge in [-0.25, -0.2) is 0 Å². The third-order valence-electron chi connectivity index (χ3n) is 6.13. The molecule has 2 aromatic rings. The van der Waals surface area contributed by atoms with Gasteiger partial charge in [0.2, 0.25) is 0 Å². The fourth-order valence-corrected chi connectivity index (χ4v) is 4.53. The number of likely N-dealkylation sites (tertiary alicyclic amines) is 1. The van der Waals surface area contributed by atoms with Crippen LogP contribution in [0.1, 0.15) is 54.4 Å². The lowest BCUT2D eigenvalue weighted by molar-refractivity contribution is 0.0415. The van der Waals surface area contributed by atoms with Crippen molar-refractivity contribution < 1.29 is 14.1 Å². The van der Waals surface area contributed by atoms with Gasteiger partial charge in [-0.2, -0.15) is 0 Å². The van der Waals surface area contributed by atoms with Crippen molar-refractivity contribution in [2.45, 2.75) is 51.7 Å². The highest BCUT2D eigenvalue weighted by molar-refractivity contribution is 6.32. The number of rotatable bonds is 8. The highest BCUT2D eigenvalue weighted by Crippen LogP contribution is 2.36. The zero-order chi connectivity index (χ0) is 21.1. The second kappa shape index (κ2) is 9.40. The van der Waals surface area contributed by atoms with E-state index in [0.29, 0.717) is 18.2 Å². The normalized spacial score (nSPS) is 21.4. The maximum atomic E-state index is 12.5. The number of carbonyl (C=O) groups is 1. The molecule has 0 bridgehead atoms. The molecule has 1 aliphatic carbocycles. The van der Waals surface area contributed by atoms with Crippen LogP contribution >= 0.6 is 11.6 Å². The summed E-state index contributed by atoms with van der Waals surface area (Å²) < 4.78 is 11.3. The Bertz CT molecular complexity index is 872. The molecule has 1 saturated carbocycles. The largest absolute Gasteiger partial charge is 0.489 e. The Hall–Kier alpha value is -2.05. The van der Waals surface area contributed by atoms with E-state index in [4.69, 9.17) is 20.9 Å². The molecule has 1 aliphatic heterocycles. The van der Waals surface area contributed by atoms with Gasteiger partial charge in [0.25, 0.3) is 5.91 Å². The smallest absolute Gasteiger partial charge is 0.275 e. The molecule has 0 unspecified atom stereocenters. The number of nitrogens with zero attached hydrogens (tertiary/aromatic N) is 3. The Morgan fingerprint density at radius 3 is 2.80 bits per heavy atom. The van der Waals surface area contributed by atoms with E-state index in [-0.39, 0.29) is 12.0 Å². The van der Waals surface area contributed by atoms with Crippen molar-refractivity contribution in [3.05, 3.63) is 46.3 Å². The molecule has 1 amide bonds. The summed E-state index contributed by atoms with van der Waals surface area (Å²) in [6, 6.07) is 7.79. The Morgan fingerprint density at radius 2 is 2.10 bits per heavy atom. The van der Waals surface area contributed by atoms with Crippen LogP contribution in [0, 0.1) is 5.92 Å². The van der Waals surface area contributed by atoms with Gasteiger partial charge in [0.1, 0.15) is 11.5 Å². The fraction of sp³-hybridized carbons (Fsp3) is 0.565. The average Bonchev–Trinajstić information content (AvgIpc) is 3.40. The quantitative estimate of drug-likeness (QED) is 0.619. The van der Waals surface area contributed by atoms with Crippen molar-refractivity contribution in [3.63, 3.8) is 0 Å². The lowest BCUT2D eigenvalue weighted by Crippen LogP contribution is -2.42. The second-order valence-corrected chi connectivity index (χ2v) is 8.89. The first kappa shape index (κ1) is 21.2. The van der Waals surface area contributed by atoms with E-state index in [9.17, 15) is 4.79 Å². The molecule has 0 N–H and O–H groups in total. The lowest BCUT2D eigenvalue weighted by atomic mass is 9.82. The zero-order valence-corrected chi connectivity index (χ0v) is 18.5. The highest BCUT2D eigenvalue weighted by Gasteiger charge is 2.33. The highest BCUT2D eigenvalue weighted by atomic mass is 35.5. The predicted molar refractivity (Wildman–Crippen MR) is 116 cm³/mol.